The molecule has 3 rings (SSSR count). The Morgan fingerprint density at radius 3 is 2.50 bits per heavy atom. The van der Waals surface area contributed by atoms with Gasteiger partial charge in [0, 0.05) is 26.2 Å². The van der Waals surface area contributed by atoms with Crippen molar-refractivity contribution < 1.29 is 0 Å². The fourth-order valence-electron chi connectivity index (χ4n) is 3.02. The summed E-state index contributed by atoms with van der Waals surface area (Å²) >= 11 is 0. The summed E-state index contributed by atoms with van der Waals surface area (Å²) in [4.78, 5) is 4.64. The van der Waals surface area contributed by atoms with Crippen molar-refractivity contribution in [2.24, 2.45) is 0 Å². The highest BCUT2D eigenvalue weighted by molar-refractivity contribution is 5.59. The van der Waals surface area contributed by atoms with E-state index in [1.54, 1.807) is 0 Å². The third-order valence-electron chi connectivity index (χ3n) is 4.27. The quantitative estimate of drug-likeness (QED) is 0.854. The molecule has 1 fully saturated rings. The molecule has 0 spiro atoms. The second-order valence-electron chi connectivity index (χ2n) is 7.07. The molecular weight excluding hydrogens is 302 g/mol. The lowest BCUT2D eigenvalue weighted by Gasteiger charge is -2.36. The first-order valence-electron chi connectivity index (χ1n) is 8.23. The summed E-state index contributed by atoms with van der Waals surface area (Å²) in [5.41, 5.74) is 1.65. The van der Waals surface area contributed by atoms with E-state index in [4.69, 9.17) is 0 Å². The van der Waals surface area contributed by atoms with Crippen molar-refractivity contribution in [2.45, 2.75) is 32.9 Å². The molecule has 0 saturated carbocycles. The van der Waals surface area contributed by atoms with E-state index in [1.165, 1.54) is 0 Å². The summed E-state index contributed by atoms with van der Waals surface area (Å²) in [6, 6.07) is 10.1. The van der Waals surface area contributed by atoms with Gasteiger partial charge in [0.05, 0.1) is 23.3 Å². The largest absolute Gasteiger partial charge is 0.368 e. The van der Waals surface area contributed by atoms with E-state index in [9.17, 15) is 5.26 Å². The molecule has 126 valence electrons. The number of rotatable bonds is 3. The van der Waals surface area contributed by atoms with E-state index in [0.29, 0.717) is 0 Å². The van der Waals surface area contributed by atoms with Crippen LogP contribution in [0, 0.1) is 11.3 Å². The maximum atomic E-state index is 9.27. The van der Waals surface area contributed by atoms with E-state index >= 15 is 0 Å². The summed E-state index contributed by atoms with van der Waals surface area (Å²) in [7, 11) is 0. The molecule has 0 radical (unpaired) electrons. The summed E-state index contributed by atoms with van der Waals surface area (Å²) < 4.78 is 1.89. The molecule has 2 aromatic rings. The Bertz CT molecular complexity index is 730. The molecule has 0 amide bonds. The van der Waals surface area contributed by atoms with Gasteiger partial charge >= 0.3 is 0 Å². The number of tetrazole rings is 1. The minimum absolute atomic E-state index is 0.119. The number of hydrogen-bond donors (Lipinski definition) is 0. The Morgan fingerprint density at radius 2 is 1.83 bits per heavy atom. The standard InChI is InChI=1S/C17H23N7/c1-17(2,3)24-16(19-20-21-24)13-22-8-10-23(11-9-22)15-7-5-4-6-14(15)12-18/h4-7H,8-11,13H2,1-3H3. The average Bonchev–Trinajstić information content (AvgIpc) is 3.04. The van der Waals surface area contributed by atoms with Crippen molar-refractivity contribution in [3.05, 3.63) is 35.7 Å². The number of aromatic nitrogens is 4. The van der Waals surface area contributed by atoms with Crippen LogP contribution in [-0.2, 0) is 12.1 Å². The van der Waals surface area contributed by atoms with Crippen LogP contribution in [0.3, 0.4) is 0 Å². The van der Waals surface area contributed by atoms with Crippen molar-refractivity contribution in [1.29, 1.82) is 5.26 Å². The highest BCUT2D eigenvalue weighted by Gasteiger charge is 2.24. The zero-order valence-electron chi connectivity index (χ0n) is 14.5. The second kappa shape index (κ2) is 6.57. The highest BCUT2D eigenvalue weighted by atomic mass is 15.6. The molecule has 7 nitrogen and oxygen atoms in total. The SMILES string of the molecule is CC(C)(C)n1nnnc1CN1CCN(c2ccccc2C#N)CC1. The zero-order valence-corrected chi connectivity index (χ0v) is 14.5. The number of nitriles is 1. The van der Waals surface area contributed by atoms with Crippen molar-refractivity contribution in [2.75, 3.05) is 31.1 Å². The molecule has 1 aromatic heterocycles. The number of anilines is 1. The van der Waals surface area contributed by atoms with Crippen molar-refractivity contribution in [3.63, 3.8) is 0 Å². The summed E-state index contributed by atoms with van der Waals surface area (Å²) in [5.74, 6) is 0.897. The fraction of sp³-hybridized carbons (Fsp3) is 0.529. The van der Waals surface area contributed by atoms with E-state index in [1.807, 2.05) is 28.9 Å². The van der Waals surface area contributed by atoms with Crippen LogP contribution in [0.15, 0.2) is 24.3 Å². The van der Waals surface area contributed by atoms with Crippen LogP contribution in [0.4, 0.5) is 5.69 Å². The van der Waals surface area contributed by atoms with Crippen molar-refractivity contribution in [3.8, 4) is 6.07 Å². The summed E-state index contributed by atoms with van der Waals surface area (Å²) in [5, 5.41) is 21.4. The van der Waals surface area contributed by atoms with Crippen LogP contribution in [0.5, 0.6) is 0 Å². The van der Waals surface area contributed by atoms with Crippen LogP contribution in [-0.4, -0.2) is 51.3 Å². The van der Waals surface area contributed by atoms with Gasteiger partial charge in [-0.25, -0.2) is 4.68 Å². The van der Waals surface area contributed by atoms with Crippen molar-refractivity contribution >= 4 is 5.69 Å². The molecule has 7 heteroatoms. The monoisotopic (exact) mass is 325 g/mol. The molecule has 0 N–H and O–H groups in total. The molecular formula is C17H23N7. The topological polar surface area (TPSA) is 73.9 Å². The number of nitrogens with zero attached hydrogens (tertiary/aromatic N) is 7. The maximum Gasteiger partial charge on any atom is 0.165 e. The fourth-order valence-corrected chi connectivity index (χ4v) is 3.02. The molecule has 1 aliphatic rings. The minimum atomic E-state index is -0.119. The van der Waals surface area contributed by atoms with E-state index < -0.39 is 0 Å². The van der Waals surface area contributed by atoms with Gasteiger partial charge in [-0.15, -0.1) is 5.10 Å². The van der Waals surface area contributed by atoms with Gasteiger partial charge in [0.1, 0.15) is 6.07 Å². The van der Waals surface area contributed by atoms with Gasteiger partial charge in [-0.05, 0) is 43.3 Å². The van der Waals surface area contributed by atoms with E-state index in [-0.39, 0.29) is 5.54 Å². The smallest absolute Gasteiger partial charge is 0.165 e. The molecule has 0 bridgehead atoms. The summed E-state index contributed by atoms with van der Waals surface area (Å²) in [6.45, 7) is 10.7. The van der Waals surface area contributed by atoms with Crippen molar-refractivity contribution in [1.82, 2.24) is 25.1 Å². The Balaban J connectivity index is 1.64. The third-order valence-corrected chi connectivity index (χ3v) is 4.27. The predicted octanol–water partition coefficient (Wildman–Crippen LogP) is 1.62. The first-order chi connectivity index (χ1) is 11.5. The van der Waals surface area contributed by atoms with E-state index in [2.05, 4.69) is 52.2 Å². The van der Waals surface area contributed by atoms with Gasteiger partial charge in [-0.2, -0.15) is 5.26 Å². The number of para-hydroxylation sites is 1. The lowest BCUT2D eigenvalue weighted by molar-refractivity contribution is 0.228. The molecule has 1 aromatic carbocycles. The Kier molecular flexibility index (Phi) is 4.49. The average molecular weight is 325 g/mol. The van der Waals surface area contributed by atoms with Crippen LogP contribution < -0.4 is 4.90 Å². The van der Waals surface area contributed by atoms with Crippen LogP contribution >= 0.6 is 0 Å². The van der Waals surface area contributed by atoms with Gasteiger partial charge < -0.3 is 4.90 Å². The normalized spacial score (nSPS) is 16.2. The van der Waals surface area contributed by atoms with Gasteiger partial charge in [-0.3, -0.25) is 4.90 Å². The van der Waals surface area contributed by atoms with Gasteiger partial charge in [0.15, 0.2) is 5.82 Å². The molecule has 0 aliphatic carbocycles. The van der Waals surface area contributed by atoms with Crippen LogP contribution in [0.2, 0.25) is 0 Å². The molecule has 24 heavy (non-hydrogen) atoms. The first kappa shape index (κ1) is 16.4. The number of piperazine rings is 1. The van der Waals surface area contributed by atoms with Gasteiger partial charge in [0.25, 0.3) is 0 Å². The number of hydrogen-bond acceptors (Lipinski definition) is 6. The van der Waals surface area contributed by atoms with Gasteiger partial charge in [0.2, 0.25) is 0 Å². The molecule has 0 unspecified atom stereocenters. The Morgan fingerprint density at radius 1 is 1.12 bits per heavy atom. The molecule has 2 heterocycles. The van der Waals surface area contributed by atoms with Gasteiger partial charge in [-0.1, -0.05) is 12.1 Å². The molecule has 1 saturated heterocycles. The summed E-state index contributed by atoms with van der Waals surface area (Å²) in [6.07, 6.45) is 0. The molecule has 1 aliphatic heterocycles. The zero-order chi connectivity index (χ0) is 17.2. The first-order valence-corrected chi connectivity index (χ1v) is 8.23. The third kappa shape index (κ3) is 3.39. The van der Waals surface area contributed by atoms with Crippen LogP contribution in [0.25, 0.3) is 0 Å². The number of benzene rings is 1. The Hall–Kier alpha value is -2.46. The maximum absolute atomic E-state index is 9.27. The predicted molar refractivity (Wildman–Crippen MR) is 91.5 cm³/mol. The lowest BCUT2D eigenvalue weighted by Crippen LogP contribution is -2.46. The Labute approximate surface area is 142 Å². The molecule has 0 atom stereocenters. The lowest BCUT2D eigenvalue weighted by atomic mass is 10.1. The second-order valence-corrected chi connectivity index (χ2v) is 7.07. The minimum Gasteiger partial charge on any atom is -0.368 e. The van der Waals surface area contributed by atoms with E-state index in [0.717, 1.165) is 49.8 Å². The highest BCUT2D eigenvalue weighted by Crippen LogP contribution is 2.22. The van der Waals surface area contributed by atoms with Crippen LogP contribution in [0.1, 0.15) is 32.2 Å².